The molecule has 0 aliphatic carbocycles. The molecule has 0 saturated carbocycles. The van der Waals surface area contributed by atoms with E-state index >= 15 is 0 Å². The maximum absolute atomic E-state index is 12.1. The number of amides is 1. The summed E-state index contributed by atoms with van der Waals surface area (Å²) in [6.07, 6.45) is 0.427. The number of nitrogens with one attached hydrogen (secondary N) is 1. The molecule has 0 bridgehead atoms. The molecule has 2 N–H and O–H groups in total. The Morgan fingerprint density at radius 3 is 2.30 bits per heavy atom. The molecule has 1 aromatic rings. The molecule has 1 rings (SSSR count). The Bertz CT molecular complexity index is 541. The van der Waals surface area contributed by atoms with Gasteiger partial charge in [-0.1, -0.05) is 6.92 Å². The number of hydrogen-bond acceptors (Lipinski definition) is 3. The third-order valence-electron chi connectivity index (χ3n) is 3.29. The molecule has 0 aliphatic heterocycles. The van der Waals surface area contributed by atoms with Crippen LogP contribution in [0.5, 0.6) is 0 Å². The summed E-state index contributed by atoms with van der Waals surface area (Å²) in [5.41, 5.74) is 0.0149. The van der Waals surface area contributed by atoms with Crippen LogP contribution in [0.25, 0.3) is 0 Å². The number of carbonyl (C=O) groups is 2. The Morgan fingerprint density at radius 1 is 1.35 bits per heavy atom. The molecule has 5 heteroatoms. The van der Waals surface area contributed by atoms with Gasteiger partial charge < -0.3 is 10.4 Å². The van der Waals surface area contributed by atoms with E-state index in [0.29, 0.717) is 17.5 Å². The van der Waals surface area contributed by atoms with E-state index in [1.165, 1.54) is 0 Å². The molecule has 1 atom stereocenters. The second-order valence-electron chi connectivity index (χ2n) is 5.16. The summed E-state index contributed by atoms with van der Waals surface area (Å²) in [7, 11) is 0. The molecular formula is C15H18N2O3. The van der Waals surface area contributed by atoms with Crippen molar-refractivity contribution < 1.29 is 14.7 Å². The molecule has 0 saturated heterocycles. The van der Waals surface area contributed by atoms with Gasteiger partial charge in [-0.25, -0.2) is 0 Å². The van der Waals surface area contributed by atoms with Crippen LogP contribution < -0.4 is 5.32 Å². The van der Waals surface area contributed by atoms with Crippen molar-refractivity contribution >= 4 is 11.9 Å². The number of carboxylic acid groups (broad SMARTS) is 1. The number of carbonyl (C=O) groups excluding carboxylic acids is 1. The standard InChI is InChI=1S/C15H18N2O3/c1-4-12(14(19)20)15(2,3)17-13(18)11-7-5-10(9-16)6-8-11/h5-8,12H,4H2,1-3H3,(H,17,18)(H,19,20). The molecular weight excluding hydrogens is 256 g/mol. The monoisotopic (exact) mass is 274 g/mol. The van der Waals surface area contributed by atoms with E-state index in [4.69, 9.17) is 5.26 Å². The topological polar surface area (TPSA) is 90.2 Å². The van der Waals surface area contributed by atoms with Crippen LogP contribution in [-0.4, -0.2) is 22.5 Å². The third-order valence-corrected chi connectivity index (χ3v) is 3.29. The highest BCUT2D eigenvalue weighted by atomic mass is 16.4. The second kappa shape index (κ2) is 6.20. The molecule has 0 aliphatic rings. The van der Waals surface area contributed by atoms with Crippen LogP contribution in [0.3, 0.4) is 0 Å². The minimum absolute atomic E-state index is 0.348. The van der Waals surface area contributed by atoms with E-state index in [-0.39, 0.29) is 5.91 Å². The number of nitrogens with zero attached hydrogens (tertiary/aromatic N) is 1. The molecule has 1 amide bonds. The number of nitriles is 1. The van der Waals surface area contributed by atoms with Crippen LogP contribution in [-0.2, 0) is 4.79 Å². The molecule has 5 nitrogen and oxygen atoms in total. The van der Waals surface area contributed by atoms with Gasteiger partial charge in [0.05, 0.1) is 17.6 Å². The lowest BCUT2D eigenvalue weighted by Gasteiger charge is -2.32. The van der Waals surface area contributed by atoms with Gasteiger partial charge in [-0.2, -0.15) is 5.26 Å². The van der Waals surface area contributed by atoms with Crippen molar-refractivity contribution in [1.29, 1.82) is 5.26 Å². The summed E-state index contributed by atoms with van der Waals surface area (Å²) < 4.78 is 0. The van der Waals surface area contributed by atoms with Crippen molar-refractivity contribution in [2.24, 2.45) is 5.92 Å². The van der Waals surface area contributed by atoms with E-state index in [1.54, 1.807) is 45.0 Å². The van der Waals surface area contributed by atoms with Crippen LogP contribution in [0.1, 0.15) is 43.1 Å². The van der Waals surface area contributed by atoms with E-state index in [1.807, 2.05) is 6.07 Å². The number of aliphatic carboxylic acids is 1. The van der Waals surface area contributed by atoms with E-state index in [2.05, 4.69) is 5.32 Å². The van der Waals surface area contributed by atoms with Gasteiger partial charge in [-0.3, -0.25) is 9.59 Å². The Balaban J connectivity index is 2.88. The summed E-state index contributed by atoms with van der Waals surface area (Å²) in [5.74, 6) is -1.94. The summed E-state index contributed by atoms with van der Waals surface area (Å²) in [6, 6.07) is 8.17. The lowest BCUT2D eigenvalue weighted by molar-refractivity contribution is -0.144. The largest absolute Gasteiger partial charge is 0.481 e. The molecule has 1 aromatic carbocycles. The van der Waals surface area contributed by atoms with Gasteiger partial charge in [0.1, 0.15) is 0 Å². The molecule has 106 valence electrons. The van der Waals surface area contributed by atoms with Crippen molar-refractivity contribution in [1.82, 2.24) is 5.32 Å². The molecule has 1 unspecified atom stereocenters. The average molecular weight is 274 g/mol. The zero-order chi connectivity index (χ0) is 15.3. The van der Waals surface area contributed by atoms with E-state index < -0.39 is 17.4 Å². The first-order chi connectivity index (χ1) is 9.31. The Hall–Kier alpha value is -2.35. The zero-order valence-corrected chi connectivity index (χ0v) is 11.8. The van der Waals surface area contributed by atoms with Gasteiger partial charge in [-0.05, 0) is 44.5 Å². The van der Waals surface area contributed by atoms with Gasteiger partial charge >= 0.3 is 5.97 Å². The summed E-state index contributed by atoms with van der Waals surface area (Å²) in [6.45, 7) is 5.15. The van der Waals surface area contributed by atoms with Crippen LogP contribution >= 0.6 is 0 Å². The molecule has 0 spiro atoms. The fourth-order valence-electron chi connectivity index (χ4n) is 2.14. The summed E-state index contributed by atoms with van der Waals surface area (Å²) in [5, 5.41) is 20.6. The van der Waals surface area contributed by atoms with Crippen LogP contribution in [0.15, 0.2) is 24.3 Å². The minimum atomic E-state index is -0.933. The first-order valence-corrected chi connectivity index (χ1v) is 6.37. The maximum atomic E-state index is 12.1. The Kier molecular flexibility index (Phi) is 4.87. The van der Waals surface area contributed by atoms with Crippen molar-refractivity contribution in [3.8, 4) is 6.07 Å². The predicted octanol–water partition coefficient (Wildman–Crippen LogP) is 2.18. The molecule has 0 fully saturated rings. The third kappa shape index (κ3) is 3.58. The number of hydrogen-bond donors (Lipinski definition) is 2. The van der Waals surface area contributed by atoms with Crippen molar-refractivity contribution in [3.63, 3.8) is 0 Å². The summed E-state index contributed by atoms with van der Waals surface area (Å²) >= 11 is 0. The van der Waals surface area contributed by atoms with Crippen molar-refractivity contribution in [2.45, 2.75) is 32.7 Å². The van der Waals surface area contributed by atoms with E-state index in [9.17, 15) is 14.7 Å². The zero-order valence-electron chi connectivity index (χ0n) is 11.8. The van der Waals surface area contributed by atoms with Crippen LogP contribution in [0, 0.1) is 17.2 Å². The second-order valence-corrected chi connectivity index (χ2v) is 5.16. The van der Waals surface area contributed by atoms with E-state index in [0.717, 1.165) is 0 Å². The maximum Gasteiger partial charge on any atom is 0.308 e. The lowest BCUT2D eigenvalue weighted by atomic mass is 9.85. The number of rotatable bonds is 5. The van der Waals surface area contributed by atoms with Crippen molar-refractivity contribution in [2.75, 3.05) is 0 Å². The average Bonchev–Trinajstić information content (AvgIpc) is 2.38. The lowest BCUT2D eigenvalue weighted by Crippen LogP contribution is -2.51. The number of benzene rings is 1. The highest BCUT2D eigenvalue weighted by Crippen LogP contribution is 2.21. The first-order valence-electron chi connectivity index (χ1n) is 6.37. The smallest absolute Gasteiger partial charge is 0.308 e. The molecule has 0 heterocycles. The molecule has 0 radical (unpaired) electrons. The Morgan fingerprint density at radius 2 is 1.90 bits per heavy atom. The predicted molar refractivity (Wildman–Crippen MR) is 74.1 cm³/mol. The highest BCUT2D eigenvalue weighted by molar-refractivity contribution is 5.95. The first kappa shape index (κ1) is 15.7. The van der Waals surface area contributed by atoms with Gasteiger partial charge in [0.15, 0.2) is 0 Å². The van der Waals surface area contributed by atoms with Gasteiger partial charge in [0.2, 0.25) is 0 Å². The fourth-order valence-corrected chi connectivity index (χ4v) is 2.14. The van der Waals surface area contributed by atoms with Gasteiger partial charge in [-0.15, -0.1) is 0 Å². The minimum Gasteiger partial charge on any atom is -0.481 e. The molecule has 0 aromatic heterocycles. The Labute approximate surface area is 118 Å². The van der Waals surface area contributed by atoms with Crippen molar-refractivity contribution in [3.05, 3.63) is 35.4 Å². The summed E-state index contributed by atoms with van der Waals surface area (Å²) in [4.78, 5) is 23.3. The number of carboxylic acids is 1. The quantitative estimate of drug-likeness (QED) is 0.861. The van der Waals surface area contributed by atoms with Crippen LogP contribution in [0.4, 0.5) is 0 Å². The van der Waals surface area contributed by atoms with Gasteiger partial charge in [0, 0.05) is 11.1 Å². The SMILES string of the molecule is CCC(C(=O)O)C(C)(C)NC(=O)c1ccc(C#N)cc1. The van der Waals surface area contributed by atoms with Gasteiger partial charge in [0.25, 0.3) is 5.91 Å². The molecule has 20 heavy (non-hydrogen) atoms. The highest BCUT2D eigenvalue weighted by Gasteiger charge is 2.35. The van der Waals surface area contributed by atoms with Crippen LogP contribution in [0.2, 0.25) is 0 Å². The normalized spacial score (nSPS) is 12.3. The fraction of sp³-hybridized carbons (Fsp3) is 0.400.